The molecule has 2 aromatic rings. The van der Waals surface area contributed by atoms with Crippen LogP contribution < -0.4 is 9.62 Å². The third kappa shape index (κ3) is 8.20. The number of nitrogens with one attached hydrogen (secondary N) is 1. The minimum atomic E-state index is -3.85. The lowest BCUT2D eigenvalue weighted by molar-refractivity contribution is -0.139. The molecule has 9 heteroatoms. The summed E-state index contributed by atoms with van der Waals surface area (Å²) in [6.07, 6.45) is 1.90. The van der Waals surface area contributed by atoms with E-state index in [1.165, 1.54) is 24.0 Å². The van der Waals surface area contributed by atoms with Gasteiger partial charge in [-0.3, -0.25) is 18.7 Å². The Labute approximate surface area is 208 Å². The molecule has 2 rings (SSSR count). The Morgan fingerprint density at radius 1 is 1.00 bits per heavy atom. The van der Waals surface area contributed by atoms with Crippen molar-refractivity contribution in [2.75, 3.05) is 23.7 Å². The van der Waals surface area contributed by atoms with Crippen molar-refractivity contribution < 1.29 is 22.8 Å². The quantitative estimate of drug-likeness (QED) is 0.450. The third-order valence-corrected chi connectivity index (χ3v) is 6.66. The zero-order valence-electron chi connectivity index (χ0n) is 21.0. The van der Waals surface area contributed by atoms with Crippen molar-refractivity contribution >= 4 is 33.3 Å². The Kier molecular flexibility index (Phi) is 10.0. The van der Waals surface area contributed by atoms with Gasteiger partial charge in [0.25, 0.3) is 0 Å². The van der Waals surface area contributed by atoms with Crippen LogP contribution in [0.15, 0.2) is 54.6 Å². The van der Waals surface area contributed by atoms with Gasteiger partial charge in [0.05, 0.1) is 11.9 Å². The first kappa shape index (κ1) is 28.0. The predicted molar refractivity (Wildman–Crippen MR) is 138 cm³/mol. The van der Waals surface area contributed by atoms with E-state index in [0.717, 1.165) is 16.1 Å². The summed E-state index contributed by atoms with van der Waals surface area (Å²) in [4.78, 5) is 39.8. The molecule has 0 spiro atoms. The van der Waals surface area contributed by atoms with Gasteiger partial charge in [-0.1, -0.05) is 49.4 Å². The number of ketones is 1. The number of Topliss-reactive ketones (excluding diaryl/α,β-unsaturated/α-hetero) is 1. The molecule has 0 unspecified atom stereocenters. The van der Waals surface area contributed by atoms with E-state index in [1.807, 2.05) is 51.1 Å². The van der Waals surface area contributed by atoms with E-state index < -0.39 is 28.5 Å². The lowest BCUT2D eigenvalue weighted by atomic mass is 10.1. The molecule has 2 amide bonds. The summed E-state index contributed by atoms with van der Waals surface area (Å²) >= 11 is 0. The highest BCUT2D eigenvalue weighted by atomic mass is 32.2. The van der Waals surface area contributed by atoms with Crippen molar-refractivity contribution in [3.8, 4) is 0 Å². The molecule has 8 nitrogen and oxygen atoms in total. The summed E-state index contributed by atoms with van der Waals surface area (Å²) < 4.78 is 26.3. The molecule has 2 aromatic carbocycles. The number of carbonyl (C=O) groups is 3. The molecule has 0 saturated heterocycles. The van der Waals surface area contributed by atoms with Gasteiger partial charge in [0.1, 0.15) is 12.6 Å². The van der Waals surface area contributed by atoms with Crippen LogP contribution in [-0.4, -0.2) is 62.3 Å². The number of sulfonamides is 1. The number of anilines is 1. The van der Waals surface area contributed by atoms with Gasteiger partial charge in [0.2, 0.25) is 21.8 Å². The second kappa shape index (κ2) is 12.5. The van der Waals surface area contributed by atoms with Crippen molar-refractivity contribution in [1.82, 2.24) is 10.2 Å². The van der Waals surface area contributed by atoms with E-state index in [4.69, 9.17) is 0 Å². The largest absolute Gasteiger partial charge is 0.352 e. The highest BCUT2D eigenvalue weighted by molar-refractivity contribution is 7.92. The second-order valence-corrected chi connectivity index (χ2v) is 10.7. The monoisotopic (exact) mass is 501 g/mol. The van der Waals surface area contributed by atoms with Crippen molar-refractivity contribution in [3.05, 3.63) is 65.7 Å². The van der Waals surface area contributed by atoms with Crippen LogP contribution in [-0.2, 0) is 26.0 Å². The lowest BCUT2D eigenvalue weighted by Crippen LogP contribution is -2.54. The third-order valence-electron chi connectivity index (χ3n) is 5.52. The van der Waals surface area contributed by atoms with Crippen LogP contribution in [0.25, 0.3) is 0 Å². The minimum Gasteiger partial charge on any atom is -0.352 e. The van der Waals surface area contributed by atoms with E-state index in [1.54, 1.807) is 12.1 Å². The first-order chi connectivity index (χ1) is 16.4. The van der Waals surface area contributed by atoms with Gasteiger partial charge in [0, 0.05) is 18.2 Å². The smallest absolute Gasteiger partial charge is 0.244 e. The van der Waals surface area contributed by atoms with E-state index in [0.29, 0.717) is 18.4 Å². The Balaban J connectivity index is 2.40. The average Bonchev–Trinajstić information content (AvgIpc) is 2.79. The van der Waals surface area contributed by atoms with E-state index in [2.05, 4.69) is 5.32 Å². The van der Waals surface area contributed by atoms with Gasteiger partial charge in [-0.05, 0) is 51.3 Å². The van der Waals surface area contributed by atoms with Crippen molar-refractivity contribution in [2.24, 2.45) is 0 Å². The van der Waals surface area contributed by atoms with Crippen LogP contribution in [0.5, 0.6) is 0 Å². The molecule has 0 fully saturated rings. The number of nitrogens with zero attached hydrogens (tertiary/aromatic N) is 2. The molecule has 1 atom stereocenters. The summed E-state index contributed by atoms with van der Waals surface area (Å²) in [7, 11) is -3.85. The molecule has 0 radical (unpaired) electrons. The molecule has 0 heterocycles. The van der Waals surface area contributed by atoms with Crippen LogP contribution in [0, 0.1) is 0 Å². The molecule has 0 saturated carbocycles. The lowest BCUT2D eigenvalue weighted by Gasteiger charge is -2.33. The molecule has 0 aromatic heterocycles. The summed E-state index contributed by atoms with van der Waals surface area (Å²) in [6.45, 7) is 6.65. The molecule has 35 heavy (non-hydrogen) atoms. The molecule has 0 aliphatic heterocycles. The molecule has 190 valence electrons. The van der Waals surface area contributed by atoms with Crippen LogP contribution >= 0.6 is 0 Å². The van der Waals surface area contributed by atoms with Gasteiger partial charge >= 0.3 is 0 Å². The minimum absolute atomic E-state index is 0.107. The Morgan fingerprint density at radius 3 is 2.20 bits per heavy atom. The number of hydrogen-bond acceptors (Lipinski definition) is 5. The fourth-order valence-corrected chi connectivity index (χ4v) is 4.61. The maximum atomic E-state index is 13.6. The summed E-state index contributed by atoms with van der Waals surface area (Å²) in [5.74, 6) is -0.994. The van der Waals surface area contributed by atoms with Crippen LogP contribution in [0.2, 0.25) is 0 Å². The van der Waals surface area contributed by atoms with Gasteiger partial charge in [-0.25, -0.2) is 8.42 Å². The molecular weight excluding hydrogens is 466 g/mol. The van der Waals surface area contributed by atoms with E-state index in [-0.39, 0.29) is 30.0 Å². The molecule has 0 aliphatic rings. The number of rotatable bonds is 12. The first-order valence-electron chi connectivity index (χ1n) is 11.7. The number of amides is 2. The van der Waals surface area contributed by atoms with Gasteiger partial charge < -0.3 is 10.2 Å². The number of hydrogen-bond donors (Lipinski definition) is 1. The van der Waals surface area contributed by atoms with Gasteiger partial charge in [-0.2, -0.15) is 0 Å². The second-order valence-electron chi connectivity index (χ2n) is 8.79. The average molecular weight is 502 g/mol. The fourth-order valence-electron chi connectivity index (χ4n) is 3.77. The molecule has 0 bridgehead atoms. The fraction of sp³-hybridized carbons (Fsp3) is 0.423. The highest BCUT2D eigenvalue weighted by Crippen LogP contribution is 2.21. The van der Waals surface area contributed by atoms with Crippen molar-refractivity contribution in [3.63, 3.8) is 0 Å². The van der Waals surface area contributed by atoms with Gasteiger partial charge in [-0.15, -0.1) is 0 Å². The Bertz CT molecular complexity index is 1130. The number of benzene rings is 2. The molecular formula is C26H35N3O5S. The Hall–Kier alpha value is -3.20. The van der Waals surface area contributed by atoms with Crippen LogP contribution in [0.4, 0.5) is 5.69 Å². The standard InChI is InChI=1S/C26H35N3O5S/c1-6-24(26(32)27-19(2)3)28(16-15-21-11-8-7-9-12-21)25(31)18-29(35(5,33)34)23-14-10-13-22(17-23)20(4)30/h7-14,17,19,24H,6,15-16,18H2,1-5H3,(H,27,32)/t24-/m1/s1. The Morgan fingerprint density at radius 2 is 1.66 bits per heavy atom. The van der Waals surface area contributed by atoms with E-state index >= 15 is 0 Å². The maximum Gasteiger partial charge on any atom is 0.244 e. The predicted octanol–water partition coefficient (Wildman–Crippen LogP) is 3.03. The summed E-state index contributed by atoms with van der Waals surface area (Å²) in [5, 5.41) is 2.86. The zero-order chi connectivity index (χ0) is 26.2. The number of carbonyl (C=O) groups excluding carboxylic acids is 3. The topological polar surface area (TPSA) is 104 Å². The van der Waals surface area contributed by atoms with Crippen molar-refractivity contribution in [1.29, 1.82) is 0 Å². The van der Waals surface area contributed by atoms with Crippen LogP contribution in [0.1, 0.15) is 50.0 Å². The first-order valence-corrected chi connectivity index (χ1v) is 13.5. The summed E-state index contributed by atoms with van der Waals surface area (Å²) in [6, 6.07) is 14.9. The SMILES string of the molecule is CC[C@H](C(=O)NC(C)C)N(CCc1ccccc1)C(=O)CN(c1cccc(C(C)=O)c1)S(C)(=O)=O. The molecule has 0 aliphatic carbocycles. The van der Waals surface area contributed by atoms with E-state index in [9.17, 15) is 22.8 Å². The summed E-state index contributed by atoms with van der Waals surface area (Å²) in [5.41, 5.74) is 1.56. The zero-order valence-corrected chi connectivity index (χ0v) is 21.8. The molecule has 1 N–H and O–H groups in total. The van der Waals surface area contributed by atoms with Crippen LogP contribution in [0.3, 0.4) is 0 Å². The van der Waals surface area contributed by atoms with Gasteiger partial charge in [0.15, 0.2) is 5.78 Å². The maximum absolute atomic E-state index is 13.6. The van der Waals surface area contributed by atoms with Crippen molar-refractivity contribution in [2.45, 2.75) is 52.6 Å². The highest BCUT2D eigenvalue weighted by Gasteiger charge is 2.31. The normalized spacial score (nSPS) is 12.2.